The van der Waals surface area contributed by atoms with Gasteiger partial charge in [-0.1, -0.05) is 0 Å². The number of hydrogen-bond donors (Lipinski definition) is 0. The molecule has 0 aliphatic heterocycles. The van der Waals surface area contributed by atoms with Gasteiger partial charge < -0.3 is 9.47 Å². The zero-order valence-corrected chi connectivity index (χ0v) is 8.22. The highest BCUT2D eigenvalue weighted by Crippen LogP contribution is 2.33. The van der Waals surface area contributed by atoms with Crippen LogP contribution in [-0.2, 0) is 0 Å². The van der Waals surface area contributed by atoms with Gasteiger partial charge in [0.25, 0.3) is 0 Å². The number of nitro groups is 1. The smallest absolute Gasteiger partial charge is 0.314 e. The molecule has 80 valence electrons. The quantitative estimate of drug-likeness (QED) is 0.427. The number of carbonyl (C=O) groups excluding carboxylic acids is 1. The second-order valence-electron chi connectivity index (χ2n) is 2.64. The fraction of sp³-hybridized carbons (Fsp3) is 0.222. The van der Waals surface area contributed by atoms with Crippen LogP contribution in [-0.4, -0.2) is 25.4 Å². The molecule has 0 aromatic heterocycles. The maximum absolute atomic E-state index is 10.6. The molecule has 0 heterocycles. The van der Waals surface area contributed by atoms with Crippen molar-refractivity contribution in [3.8, 4) is 11.5 Å². The van der Waals surface area contributed by atoms with Gasteiger partial charge in [0.2, 0.25) is 0 Å². The first-order valence-corrected chi connectivity index (χ1v) is 3.99. The van der Waals surface area contributed by atoms with Crippen molar-refractivity contribution in [2.45, 2.75) is 0 Å². The van der Waals surface area contributed by atoms with Crippen LogP contribution < -0.4 is 9.47 Å². The molecule has 0 saturated carbocycles. The van der Waals surface area contributed by atoms with Gasteiger partial charge in [-0.25, -0.2) is 0 Å². The average Bonchev–Trinajstić information content (AvgIpc) is 2.26. The lowest BCUT2D eigenvalue weighted by molar-refractivity contribution is -0.385. The van der Waals surface area contributed by atoms with Crippen molar-refractivity contribution < 1.29 is 19.2 Å². The lowest BCUT2D eigenvalue weighted by atomic mass is 10.2. The highest BCUT2D eigenvalue weighted by molar-refractivity contribution is 5.81. The molecule has 0 atom stereocenters. The van der Waals surface area contributed by atoms with E-state index in [1.54, 1.807) is 0 Å². The third-order valence-corrected chi connectivity index (χ3v) is 1.85. The van der Waals surface area contributed by atoms with Crippen LogP contribution in [0, 0.1) is 10.1 Å². The van der Waals surface area contributed by atoms with Gasteiger partial charge in [0, 0.05) is 6.07 Å². The van der Waals surface area contributed by atoms with Crippen LogP contribution in [0.5, 0.6) is 11.5 Å². The van der Waals surface area contributed by atoms with E-state index in [1.807, 2.05) is 0 Å². The second-order valence-corrected chi connectivity index (χ2v) is 2.64. The zero-order chi connectivity index (χ0) is 11.4. The predicted molar refractivity (Wildman–Crippen MR) is 51.6 cm³/mol. The Balaban J connectivity index is 3.40. The number of benzene rings is 1. The monoisotopic (exact) mass is 211 g/mol. The first kappa shape index (κ1) is 11.0. The number of rotatable bonds is 4. The summed E-state index contributed by atoms with van der Waals surface area (Å²) in [6.07, 6.45) is 0.547. The molecule has 0 fully saturated rings. The van der Waals surface area contributed by atoms with Gasteiger partial charge in [-0.05, 0) is 0 Å². The summed E-state index contributed by atoms with van der Waals surface area (Å²) < 4.78 is 9.63. The number of ether oxygens (including phenoxy) is 2. The number of hydrogen-bond acceptors (Lipinski definition) is 5. The molecular weight excluding hydrogens is 202 g/mol. The molecule has 0 saturated heterocycles. The zero-order valence-electron chi connectivity index (χ0n) is 8.22. The first-order valence-electron chi connectivity index (χ1n) is 3.99. The Labute approximate surface area is 85.6 Å². The van der Waals surface area contributed by atoms with Crippen molar-refractivity contribution in [1.82, 2.24) is 0 Å². The van der Waals surface area contributed by atoms with Gasteiger partial charge >= 0.3 is 5.69 Å². The molecule has 0 aliphatic carbocycles. The SMILES string of the molecule is COc1cc([N+](=O)[O-])c(OC)cc1C=O. The number of methoxy groups -OCH3 is 2. The van der Waals surface area contributed by atoms with E-state index < -0.39 is 4.92 Å². The molecule has 0 bridgehead atoms. The third kappa shape index (κ3) is 2.04. The number of nitro benzene ring substituents is 1. The molecule has 6 nitrogen and oxygen atoms in total. The van der Waals surface area contributed by atoms with Crippen LogP contribution in [0.3, 0.4) is 0 Å². The maximum atomic E-state index is 10.6. The average molecular weight is 211 g/mol. The van der Waals surface area contributed by atoms with Crippen LogP contribution in [0.15, 0.2) is 12.1 Å². The minimum Gasteiger partial charge on any atom is -0.496 e. The van der Waals surface area contributed by atoms with Gasteiger partial charge in [0.05, 0.1) is 30.8 Å². The topological polar surface area (TPSA) is 78.7 Å². The van der Waals surface area contributed by atoms with E-state index in [2.05, 4.69) is 0 Å². The first-order chi connectivity index (χ1) is 7.13. The fourth-order valence-electron chi connectivity index (χ4n) is 1.14. The highest BCUT2D eigenvalue weighted by atomic mass is 16.6. The standard InChI is InChI=1S/C9H9NO5/c1-14-8-4-7(10(12)13)9(15-2)3-6(8)5-11/h3-5H,1-2H3. The number of carbonyl (C=O) groups is 1. The van der Waals surface area contributed by atoms with E-state index >= 15 is 0 Å². The minimum absolute atomic E-state index is 0.0305. The molecule has 0 amide bonds. The summed E-state index contributed by atoms with van der Waals surface area (Å²) in [7, 11) is 2.63. The summed E-state index contributed by atoms with van der Waals surface area (Å²) in [6, 6.07) is 2.42. The Hall–Kier alpha value is -2.11. The molecule has 6 heteroatoms. The van der Waals surface area contributed by atoms with Crippen molar-refractivity contribution in [1.29, 1.82) is 0 Å². The molecule has 1 rings (SSSR count). The molecule has 0 unspecified atom stereocenters. The van der Waals surface area contributed by atoms with Crippen LogP contribution >= 0.6 is 0 Å². The Kier molecular flexibility index (Phi) is 3.22. The van der Waals surface area contributed by atoms with Gasteiger partial charge in [0.1, 0.15) is 5.75 Å². The molecule has 15 heavy (non-hydrogen) atoms. The molecule has 0 radical (unpaired) electrons. The van der Waals surface area contributed by atoms with Gasteiger partial charge in [-0.3, -0.25) is 14.9 Å². The van der Waals surface area contributed by atoms with Gasteiger partial charge in [-0.2, -0.15) is 0 Å². The van der Waals surface area contributed by atoms with E-state index in [-0.39, 0.29) is 22.7 Å². The molecule has 1 aromatic carbocycles. The third-order valence-electron chi connectivity index (χ3n) is 1.85. The van der Waals surface area contributed by atoms with Gasteiger partial charge in [-0.15, -0.1) is 0 Å². The summed E-state index contributed by atoms with van der Waals surface area (Å²) in [5.41, 5.74) is -0.0279. The van der Waals surface area contributed by atoms with Crippen LogP contribution in [0.25, 0.3) is 0 Å². The second kappa shape index (κ2) is 4.41. The van der Waals surface area contributed by atoms with Crippen molar-refractivity contribution in [2.24, 2.45) is 0 Å². The summed E-state index contributed by atoms with van der Waals surface area (Å²) in [4.78, 5) is 20.7. The fourth-order valence-corrected chi connectivity index (χ4v) is 1.14. The molecule has 0 aliphatic rings. The molecule has 0 N–H and O–H groups in total. The largest absolute Gasteiger partial charge is 0.496 e. The van der Waals surface area contributed by atoms with Crippen molar-refractivity contribution >= 4 is 12.0 Å². The maximum Gasteiger partial charge on any atom is 0.314 e. The van der Waals surface area contributed by atoms with Crippen molar-refractivity contribution in [3.05, 3.63) is 27.8 Å². The predicted octanol–water partition coefficient (Wildman–Crippen LogP) is 1.42. The summed E-state index contributed by atoms with van der Waals surface area (Å²) >= 11 is 0. The highest BCUT2D eigenvalue weighted by Gasteiger charge is 2.19. The lowest BCUT2D eigenvalue weighted by Gasteiger charge is -2.06. The van der Waals surface area contributed by atoms with Crippen LogP contribution in [0.4, 0.5) is 5.69 Å². The van der Waals surface area contributed by atoms with Crippen LogP contribution in [0.2, 0.25) is 0 Å². The molecule has 1 aromatic rings. The van der Waals surface area contributed by atoms with Crippen molar-refractivity contribution in [2.75, 3.05) is 14.2 Å². The van der Waals surface area contributed by atoms with Crippen molar-refractivity contribution in [3.63, 3.8) is 0 Å². The number of aldehydes is 1. The molecule has 0 spiro atoms. The summed E-state index contributed by atoms with van der Waals surface area (Å²) in [5.74, 6) is 0.181. The Morgan fingerprint density at radius 1 is 1.27 bits per heavy atom. The van der Waals surface area contributed by atoms with E-state index in [9.17, 15) is 14.9 Å². The minimum atomic E-state index is -0.601. The summed E-state index contributed by atoms with van der Waals surface area (Å²) in [5, 5.41) is 10.6. The Bertz CT molecular complexity index is 402. The Morgan fingerprint density at radius 3 is 2.27 bits per heavy atom. The number of nitrogens with zero attached hydrogens (tertiary/aromatic N) is 1. The van der Waals surface area contributed by atoms with Gasteiger partial charge in [0.15, 0.2) is 12.0 Å². The van der Waals surface area contributed by atoms with E-state index in [0.717, 1.165) is 6.07 Å². The van der Waals surface area contributed by atoms with E-state index in [1.165, 1.54) is 20.3 Å². The van der Waals surface area contributed by atoms with E-state index in [4.69, 9.17) is 9.47 Å². The van der Waals surface area contributed by atoms with E-state index in [0.29, 0.717) is 6.29 Å². The normalized spacial score (nSPS) is 9.47. The van der Waals surface area contributed by atoms with Crippen LogP contribution in [0.1, 0.15) is 10.4 Å². The lowest BCUT2D eigenvalue weighted by Crippen LogP contribution is -1.98. The summed E-state index contributed by atoms with van der Waals surface area (Å²) in [6.45, 7) is 0. The Morgan fingerprint density at radius 2 is 1.87 bits per heavy atom. The molecular formula is C9H9NO5.